The molecule has 0 spiro atoms. The lowest BCUT2D eigenvalue weighted by Crippen LogP contribution is -2.06. The van der Waals surface area contributed by atoms with Crippen LogP contribution in [0.25, 0.3) is 0 Å². The van der Waals surface area contributed by atoms with Gasteiger partial charge in [-0.05, 0) is 54.4 Å². The van der Waals surface area contributed by atoms with Crippen molar-refractivity contribution in [1.29, 1.82) is 0 Å². The number of aliphatic hydroxyl groups is 1. The molecule has 0 saturated carbocycles. The van der Waals surface area contributed by atoms with Gasteiger partial charge in [0.25, 0.3) is 0 Å². The number of anilines is 4. The number of hydrogen-bond donors (Lipinski definition) is 5. The molecule has 0 amide bonds. The molecule has 0 bridgehead atoms. The molecule has 23 heavy (non-hydrogen) atoms. The average Bonchev–Trinajstić information content (AvgIpc) is 2.51. The van der Waals surface area contributed by atoms with Crippen LogP contribution in [0, 0.1) is 6.92 Å². The maximum atomic E-state index is 10.1. The molecule has 6 nitrogen and oxygen atoms in total. The topological polar surface area (TPSA) is 127 Å². The van der Waals surface area contributed by atoms with Gasteiger partial charge in [-0.2, -0.15) is 0 Å². The summed E-state index contributed by atoms with van der Waals surface area (Å²) in [4.78, 5) is 10.1. The second kappa shape index (κ2) is 9.32. The second-order valence-corrected chi connectivity index (χ2v) is 5.05. The van der Waals surface area contributed by atoms with Crippen molar-refractivity contribution in [3.63, 3.8) is 0 Å². The predicted molar refractivity (Wildman–Crippen MR) is 96.2 cm³/mol. The summed E-state index contributed by atoms with van der Waals surface area (Å²) in [6.45, 7) is 2.70. The Hall–Kier alpha value is -2.73. The summed E-state index contributed by atoms with van der Waals surface area (Å²) < 4.78 is 0. The third-order valence-electron chi connectivity index (χ3n) is 3.15. The Balaban J connectivity index is 0.000000231. The molecular formula is C17H24N4O2. The Morgan fingerprint density at radius 3 is 2.35 bits per heavy atom. The first-order valence-electron chi connectivity index (χ1n) is 7.26. The van der Waals surface area contributed by atoms with Crippen molar-refractivity contribution in [2.75, 3.05) is 35.7 Å². The summed E-state index contributed by atoms with van der Waals surface area (Å²) >= 11 is 0. The van der Waals surface area contributed by atoms with E-state index < -0.39 is 0 Å². The van der Waals surface area contributed by atoms with Crippen LogP contribution in [-0.4, -0.2) is 24.5 Å². The van der Waals surface area contributed by atoms with E-state index in [9.17, 15) is 4.79 Å². The lowest BCUT2D eigenvalue weighted by Gasteiger charge is -2.08. The van der Waals surface area contributed by atoms with E-state index in [-0.39, 0.29) is 6.61 Å². The predicted octanol–water partition coefficient (Wildman–Crippen LogP) is 1.57. The van der Waals surface area contributed by atoms with E-state index in [1.165, 1.54) is 0 Å². The Labute approximate surface area is 136 Å². The fourth-order valence-corrected chi connectivity index (χ4v) is 1.97. The van der Waals surface area contributed by atoms with E-state index in [0.717, 1.165) is 28.8 Å². The minimum Gasteiger partial charge on any atom is -0.399 e. The first kappa shape index (κ1) is 18.3. The normalized spacial score (nSPS) is 9.65. The average molecular weight is 316 g/mol. The van der Waals surface area contributed by atoms with Crippen LogP contribution in [0.2, 0.25) is 0 Å². The first-order valence-corrected chi connectivity index (χ1v) is 7.26. The summed E-state index contributed by atoms with van der Waals surface area (Å²) in [5, 5.41) is 11.7. The number of nitrogens with one attached hydrogen (secondary N) is 1. The zero-order valence-electron chi connectivity index (χ0n) is 13.3. The quantitative estimate of drug-likeness (QED) is 0.421. The maximum absolute atomic E-state index is 10.1. The summed E-state index contributed by atoms with van der Waals surface area (Å²) in [7, 11) is 0. The molecule has 0 aliphatic heterocycles. The van der Waals surface area contributed by atoms with Gasteiger partial charge in [-0.1, -0.05) is 0 Å². The van der Waals surface area contributed by atoms with Gasteiger partial charge in [0, 0.05) is 35.7 Å². The van der Waals surface area contributed by atoms with Crippen LogP contribution in [0.3, 0.4) is 0 Å². The molecule has 0 aliphatic carbocycles. The molecule has 0 atom stereocenters. The third kappa shape index (κ3) is 6.27. The van der Waals surface area contributed by atoms with Gasteiger partial charge in [0.1, 0.15) is 6.29 Å². The smallest absolute Gasteiger partial charge is 0.124 e. The number of carbonyl (C=O) groups is 1. The van der Waals surface area contributed by atoms with Gasteiger partial charge in [-0.15, -0.1) is 0 Å². The monoisotopic (exact) mass is 316 g/mol. The fraction of sp³-hybridized carbons (Fsp3) is 0.235. The van der Waals surface area contributed by atoms with Crippen molar-refractivity contribution in [3.05, 3.63) is 47.5 Å². The summed E-state index contributed by atoms with van der Waals surface area (Å²) in [6.07, 6.45) is 1.14. The summed E-state index contributed by atoms with van der Waals surface area (Å²) in [6, 6.07) is 10.8. The van der Waals surface area contributed by atoms with E-state index >= 15 is 0 Å². The van der Waals surface area contributed by atoms with E-state index in [1.54, 1.807) is 18.2 Å². The molecule has 2 aromatic rings. The highest BCUT2D eigenvalue weighted by atomic mass is 16.3. The van der Waals surface area contributed by atoms with E-state index in [0.29, 0.717) is 24.3 Å². The Bertz CT molecular complexity index is 644. The molecule has 0 aliphatic rings. The molecule has 0 radical (unpaired) electrons. The maximum Gasteiger partial charge on any atom is 0.124 e. The molecule has 0 aromatic heterocycles. The van der Waals surface area contributed by atoms with Crippen molar-refractivity contribution < 1.29 is 9.90 Å². The highest BCUT2D eigenvalue weighted by molar-refractivity contribution is 5.64. The van der Waals surface area contributed by atoms with Gasteiger partial charge in [0.15, 0.2) is 0 Å². The Morgan fingerprint density at radius 2 is 1.74 bits per heavy atom. The van der Waals surface area contributed by atoms with Crippen LogP contribution in [0.1, 0.15) is 11.1 Å². The minimum absolute atomic E-state index is 0.143. The van der Waals surface area contributed by atoms with Crippen LogP contribution < -0.4 is 22.5 Å². The van der Waals surface area contributed by atoms with E-state index in [1.807, 2.05) is 25.1 Å². The van der Waals surface area contributed by atoms with E-state index in [2.05, 4.69) is 5.32 Å². The number of carbonyl (C=O) groups excluding carboxylic acids is 1. The zero-order valence-corrected chi connectivity index (χ0v) is 13.3. The standard InChI is InChI=1S/C9H14N2O.C8H10N2O/c1-7-6-8(10)2-3-9(7)11-4-5-12;9-7-1-2-8(10)6(5-7)3-4-11/h2-3,6,11-12H,4-5,10H2,1H3;1-2,4-5H,3,9-10H2. The third-order valence-corrected chi connectivity index (χ3v) is 3.15. The molecule has 2 aromatic carbocycles. The number of nitrogen functional groups attached to an aromatic ring is 3. The summed E-state index contributed by atoms with van der Waals surface area (Å²) in [5.41, 5.74) is 21.6. The van der Waals surface area contributed by atoms with Gasteiger partial charge in [0.05, 0.1) is 6.61 Å². The Kier molecular flexibility index (Phi) is 7.42. The Morgan fingerprint density at radius 1 is 1.09 bits per heavy atom. The largest absolute Gasteiger partial charge is 0.399 e. The number of hydrogen-bond acceptors (Lipinski definition) is 6. The van der Waals surface area contributed by atoms with Crippen LogP contribution in [0.4, 0.5) is 22.7 Å². The number of aryl methyl sites for hydroxylation is 1. The van der Waals surface area contributed by atoms with Gasteiger partial charge >= 0.3 is 0 Å². The van der Waals surface area contributed by atoms with Crippen molar-refractivity contribution in [2.45, 2.75) is 13.3 Å². The van der Waals surface area contributed by atoms with Crippen molar-refractivity contribution in [2.24, 2.45) is 0 Å². The zero-order chi connectivity index (χ0) is 17.2. The molecule has 0 fully saturated rings. The number of benzene rings is 2. The van der Waals surface area contributed by atoms with Crippen LogP contribution in [0.5, 0.6) is 0 Å². The van der Waals surface area contributed by atoms with Crippen LogP contribution in [0.15, 0.2) is 36.4 Å². The van der Waals surface area contributed by atoms with Gasteiger partial charge in [-0.3, -0.25) is 0 Å². The lowest BCUT2D eigenvalue weighted by atomic mass is 10.1. The lowest BCUT2D eigenvalue weighted by molar-refractivity contribution is -0.107. The highest BCUT2D eigenvalue weighted by Crippen LogP contribution is 2.17. The first-order chi connectivity index (χ1) is 11.0. The minimum atomic E-state index is 0.143. The van der Waals surface area contributed by atoms with Gasteiger partial charge < -0.3 is 32.4 Å². The molecular weight excluding hydrogens is 292 g/mol. The van der Waals surface area contributed by atoms with Crippen LogP contribution in [-0.2, 0) is 11.2 Å². The van der Waals surface area contributed by atoms with Crippen molar-refractivity contribution in [3.8, 4) is 0 Å². The second-order valence-electron chi connectivity index (χ2n) is 5.05. The number of rotatable bonds is 5. The molecule has 0 unspecified atom stereocenters. The van der Waals surface area contributed by atoms with E-state index in [4.69, 9.17) is 22.3 Å². The highest BCUT2D eigenvalue weighted by Gasteiger charge is 1.97. The van der Waals surface area contributed by atoms with Crippen LogP contribution >= 0.6 is 0 Å². The number of aliphatic hydroxyl groups excluding tert-OH is 1. The number of aldehydes is 1. The molecule has 0 heterocycles. The van der Waals surface area contributed by atoms with Gasteiger partial charge in [-0.25, -0.2) is 0 Å². The number of nitrogens with two attached hydrogens (primary N) is 3. The molecule has 2 rings (SSSR count). The van der Waals surface area contributed by atoms with Gasteiger partial charge in [0.2, 0.25) is 0 Å². The fourth-order valence-electron chi connectivity index (χ4n) is 1.97. The molecule has 124 valence electrons. The summed E-state index contributed by atoms with van der Waals surface area (Å²) in [5.74, 6) is 0. The molecule has 8 N–H and O–H groups in total. The molecule has 0 saturated heterocycles. The van der Waals surface area contributed by atoms with Crippen molar-refractivity contribution >= 4 is 29.0 Å². The molecule has 6 heteroatoms. The van der Waals surface area contributed by atoms with Crippen molar-refractivity contribution in [1.82, 2.24) is 0 Å². The SMILES string of the molecule is Cc1cc(N)ccc1NCCO.Nc1ccc(N)c(CC=O)c1.